The van der Waals surface area contributed by atoms with Gasteiger partial charge >= 0.3 is 0 Å². The second-order valence-electron chi connectivity index (χ2n) is 9.15. The molecule has 1 N–H and O–H groups in total. The summed E-state index contributed by atoms with van der Waals surface area (Å²) in [5.41, 5.74) is 2.57. The maximum absolute atomic E-state index is 12.7. The highest BCUT2D eigenvalue weighted by molar-refractivity contribution is 5.84. The molecule has 1 unspecified atom stereocenters. The molecule has 5 nitrogen and oxygen atoms in total. The molecule has 1 aliphatic rings. The van der Waals surface area contributed by atoms with Gasteiger partial charge in [-0.2, -0.15) is 0 Å². The van der Waals surface area contributed by atoms with Gasteiger partial charge in [0.2, 0.25) is 11.8 Å². The number of nitrogens with one attached hydrogen (secondary N) is 1. The summed E-state index contributed by atoms with van der Waals surface area (Å²) >= 11 is 0. The number of carbonyl (C=O) groups excluding carboxylic acids is 2. The number of piperidine rings is 1. The second-order valence-corrected chi connectivity index (χ2v) is 9.15. The van der Waals surface area contributed by atoms with Gasteiger partial charge < -0.3 is 10.2 Å². The van der Waals surface area contributed by atoms with E-state index in [1.54, 1.807) is 0 Å². The highest BCUT2D eigenvalue weighted by Crippen LogP contribution is 2.21. The number of hydrogen-bond donors (Lipinski definition) is 1. The second kappa shape index (κ2) is 14.4. The Bertz CT molecular complexity index is 843. The molecule has 1 heterocycles. The zero-order valence-corrected chi connectivity index (χ0v) is 20.3. The van der Waals surface area contributed by atoms with Crippen LogP contribution in [0.15, 0.2) is 73.3 Å². The van der Waals surface area contributed by atoms with E-state index in [0.717, 1.165) is 58.3 Å². The first-order valence-electron chi connectivity index (χ1n) is 12.6. The molecule has 0 aliphatic carbocycles. The first-order valence-corrected chi connectivity index (χ1v) is 12.6. The van der Waals surface area contributed by atoms with Crippen molar-refractivity contribution < 1.29 is 9.59 Å². The summed E-state index contributed by atoms with van der Waals surface area (Å²) in [6.07, 6.45) is 7.38. The Morgan fingerprint density at radius 1 is 0.971 bits per heavy atom. The molecule has 0 radical (unpaired) electrons. The fourth-order valence-corrected chi connectivity index (χ4v) is 4.65. The third-order valence-electron chi connectivity index (χ3n) is 6.42. The summed E-state index contributed by atoms with van der Waals surface area (Å²) in [5, 5.41) is 3.01. The van der Waals surface area contributed by atoms with Crippen molar-refractivity contribution in [2.24, 2.45) is 0 Å². The molecule has 5 heteroatoms. The standard InChI is InChI=1S/C29H39N3O2/c1-2-12-27-17-9-10-22-32(27)29(34)19-18-28(33)30-20-11-21-31(23-25-13-5-3-6-14-25)24-26-15-7-4-8-16-26/h2-8,13-16,27H,1,9-12,17-24H2,(H,30,33). The van der Waals surface area contributed by atoms with Crippen molar-refractivity contribution in [3.63, 3.8) is 0 Å². The number of benzene rings is 2. The zero-order chi connectivity index (χ0) is 24.0. The van der Waals surface area contributed by atoms with Gasteiger partial charge in [-0.15, -0.1) is 6.58 Å². The molecule has 3 rings (SSSR count). The SMILES string of the molecule is C=CCC1CCCCN1C(=O)CCC(=O)NCCCN(Cc1ccccc1)Cc1ccccc1. The van der Waals surface area contributed by atoms with Gasteiger partial charge in [0.05, 0.1) is 0 Å². The number of likely N-dealkylation sites (tertiary alicyclic amines) is 1. The highest BCUT2D eigenvalue weighted by atomic mass is 16.2. The van der Waals surface area contributed by atoms with Crippen molar-refractivity contribution in [1.82, 2.24) is 15.1 Å². The molecule has 1 aliphatic heterocycles. The number of rotatable bonds is 13. The summed E-state index contributed by atoms with van der Waals surface area (Å²) < 4.78 is 0. The molecule has 2 aromatic rings. The van der Waals surface area contributed by atoms with Crippen molar-refractivity contribution in [3.05, 3.63) is 84.4 Å². The van der Waals surface area contributed by atoms with E-state index in [1.165, 1.54) is 11.1 Å². The van der Waals surface area contributed by atoms with Crippen LogP contribution in [-0.2, 0) is 22.7 Å². The minimum atomic E-state index is -0.0386. The lowest BCUT2D eigenvalue weighted by molar-refractivity contribution is -0.136. The molecule has 1 fully saturated rings. The Morgan fingerprint density at radius 3 is 2.24 bits per heavy atom. The maximum Gasteiger partial charge on any atom is 0.223 e. The van der Waals surface area contributed by atoms with E-state index >= 15 is 0 Å². The zero-order valence-electron chi connectivity index (χ0n) is 20.3. The van der Waals surface area contributed by atoms with Gasteiger partial charge in [-0.25, -0.2) is 0 Å². The van der Waals surface area contributed by atoms with Crippen LogP contribution in [0.1, 0.15) is 56.1 Å². The summed E-state index contributed by atoms with van der Waals surface area (Å²) in [6, 6.07) is 21.2. The number of amides is 2. The van der Waals surface area contributed by atoms with Crippen LogP contribution in [-0.4, -0.2) is 47.3 Å². The van der Waals surface area contributed by atoms with E-state index in [1.807, 2.05) is 23.1 Å². The predicted molar refractivity (Wildman–Crippen MR) is 138 cm³/mol. The molecule has 2 amide bonds. The number of carbonyl (C=O) groups is 2. The smallest absolute Gasteiger partial charge is 0.223 e. The first-order chi connectivity index (χ1) is 16.7. The van der Waals surface area contributed by atoms with Gasteiger partial charge in [0.15, 0.2) is 0 Å². The Labute approximate surface area is 204 Å². The molecular weight excluding hydrogens is 422 g/mol. The Morgan fingerprint density at radius 2 is 1.62 bits per heavy atom. The molecule has 34 heavy (non-hydrogen) atoms. The van der Waals surface area contributed by atoms with E-state index in [9.17, 15) is 9.59 Å². The lowest BCUT2D eigenvalue weighted by atomic mass is 9.98. The summed E-state index contributed by atoms with van der Waals surface area (Å²) in [7, 11) is 0. The fourth-order valence-electron chi connectivity index (χ4n) is 4.65. The van der Waals surface area contributed by atoms with Crippen LogP contribution < -0.4 is 5.32 Å². The summed E-state index contributed by atoms with van der Waals surface area (Å²) in [4.78, 5) is 29.4. The third-order valence-corrected chi connectivity index (χ3v) is 6.42. The third kappa shape index (κ3) is 8.79. The largest absolute Gasteiger partial charge is 0.356 e. The van der Waals surface area contributed by atoms with Gasteiger partial charge in [-0.1, -0.05) is 66.7 Å². The molecule has 0 saturated carbocycles. The van der Waals surface area contributed by atoms with E-state index in [0.29, 0.717) is 6.54 Å². The van der Waals surface area contributed by atoms with Crippen LogP contribution >= 0.6 is 0 Å². The van der Waals surface area contributed by atoms with Crippen LogP contribution in [0.5, 0.6) is 0 Å². The maximum atomic E-state index is 12.7. The number of nitrogens with zero attached hydrogens (tertiary/aromatic N) is 2. The van der Waals surface area contributed by atoms with Crippen molar-refractivity contribution >= 4 is 11.8 Å². The van der Waals surface area contributed by atoms with Crippen LogP contribution in [0.25, 0.3) is 0 Å². The lowest BCUT2D eigenvalue weighted by Gasteiger charge is -2.35. The molecular formula is C29H39N3O2. The van der Waals surface area contributed by atoms with Gasteiger partial charge in [-0.05, 0) is 43.2 Å². The van der Waals surface area contributed by atoms with E-state index < -0.39 is 0 Å². The van der Waals surface area contributed by atoms with Crippen LogP contribution in [0.4, 0.5) is 0 Å². The van der Waals surface area contributed by atoms with Crippen LogP contribution in [0.2, 0.25) is 0 Å². The molecule has 0 spiro atoms. The van der Waals surface area contributed by atoms with Gasteiger partial charge in [0.25, 0.3) is 0 Å². The van der Waals surface area contributed by atoms with E-state index in [2.05, 4.69) is 65.3 Å². The molecule has 0 bridgehead atoms. The normalized spacial score (nSPS) is 15.8. The Kier molecular flexibility index (Phi) is 10.9. The molecule has 182 valence electrons. The average molecular weight is 462 g/mol. The highest BCUT2D eigenvalue weighted by Gasteiger charge is 2.25. The van der Waals surface area contributed by atoms with Crippen LogP contribution in [0, 0.1) is 0 Å². The van der Waals surface area contributed by atoms with Gasteiger partial charge in [0.1, 0.15) is 0 Å². The Balaban J connectivity index is 1.40. The van der Waals surface area contributed by atoms with Gasteiger partial charge in [-0.3, -0.25) is 14.5 Å². The average Bonchev–Trinajstić information content (AvgIpc) is 2.87. The quantitative estimate of drug-likeness (QED) is 0.340. The van der Waals surface area contributed by atoms with Crippen molar-refractivity contribution in [1.29, 1.82) is 0 Å². The molecule has 2 aromatic carbocycles. The molecule has 1 atom stereocenters. The van der Waals surface area contributed by atoms with Crippen molar-refractivity contribution in [2.45, 2.75) is 64.1 Å². The Hall–Kier alpha value is -2.92. The molecule has 1 saturated heterocycles. The molecule has 0 aromatic heterocycles. The summed E-state index contributed by atoms with van der Waals surface area (Å²) in [6.45, 7) is 7.88. The van der Waals surface area contributed by atoms with Gasteiger partial charge in [0, 0.05) is 51.6 Å². The minimum absolute atomic E-state index is 0.0386. The number of hydrogen-bond acceptors (Lipinski definition) is 3. The minimum Gasteiger partial charge on any atom is -0.356 e. The predicted octanol–water partition coefficient (Wildman–Crippen LogP) is 4.93. The van der Waals surface area contributed by atoms with Crippen LogP contribution in [0.3, 0.4) is 0 Å². The van der Waals surface area contributed by atoms with Crippen molar-refractivity contribution in [3.8, 4) is 0 Å². The van der Waals surface area contributed by atoms with E-state index in [4.69, 9.17) is 0 Å². The fraction of sp³-hybridized carbons (Fsp3) is 0.448. The topological polar surface area (TPSA) is 52.7 Å². The summed E-state index contributed by atoms with van der Waals surface area (Å²) in [5.74, 6) is 0.0573. The lowest BCUT2D eigenvalue weighted by Crippen LogP contribution is -2.43. The van der Waals surface area contributed by atoms with E-state index in [-0.39, 0.29) is 30.7 Å². The first kappa shape index (κ1) is 25.7. The van der Waals surface area contributed by atoms with Crippen molar-refractivity contribution in [2.75, 3.05) is 19.6 Å². The monoisotopic (exact) mass is 461 g/mol.